The minimum Gasteiger partial charge on any atom is -0.377 e. The van der Waals surface area contributed by atoms with E-state index < -0.39 is 0 Å². The molecule has 2 heteroatoms. The van der Waals surface area contributed by atoms with Crippen molar-refractivity contribution in [3.05, 3.63) is 53.6 Å². The fraction of sp³-hybridized carbons (Fsp3) is 0.450. The number of ether oxygens (including phenoxy) is 1. The quantitative estimate of drug-likeness (QED) is 0.503. The molecule has 22 heavy (non-hydrogen) atoms. The molecular weight excluding hydrogens is 270 g/mol. The summed E-state index contributed by atoms with van der Waals surface area (Å²) >= 11 is 0. The third kappa shape index (κ3) is 5.27. The molecule has 0 bridgehead atoms. The van der Waals surface area contributed by atoms with E-state index in [2.05, 4.69) is 55.8 Å². The van der Waals surface area contributed by atoms with Gasteiger partial charge in [-0.25, -0.2) is 0 Å². The van der Waals surface area contributed by atoms with Crippen LogP contribution in [0.15, 0.2) is 47.5 Å². The predicted molar refractivity (Wildman–Crippen MR) is 95.5 cm³/mol. The summed E-state index contributed by atoms with van der Waals surface area (Å²) in [4.78, 5) is 4.34. The second-order valence-corrected chi connectivity index (χ2v) is 6.15. The van der Waals surface area contributed by atoms with Gasteiger partial charge in [0.2, 0.25) is 0 Å². The van der Waals surface area contributed by atoms with Gasteiger partial charge < -0.3 is 4.74 Å². The van der Waals surface area contributed by atoms with Crippen molar-refractivity contribution in [3.8, 4) is 0 Å². The van der Waals surface area contributed by atoms with Crippen LogP contribution in [0.4, 0.5) is 0 Å². The number of allylic oxidation sites excluding steroid dienone is 1. The molecule has 0 amide bonds. The van der Waals surface area contributed by atoms with Crippen LogP contribution in [-0.4, -0.2) is 26.0 Å². The molecule has 1 aliphatic heterocycles. The van der Waals surface area contributed by atoms with Crippen molar-refractivity contribution in [3.63, 3.8) is 0 Å². The average molecular weight is 297 g/mol. The number of aliphatic imine (C=N–C) groups is 1. The van der Waals surface area contributed by atoms with E-state index in [9.17, 15) is 0 Å². The van der Waals surface area contributed by atoms with Crippen molar-refractivity contribution in [1.29, 1.82) is 0 Å². The zero-order valence-corrected chi connectivity index (χ0v) is 13.8. The maximum absolute atomic E-state index is 5.67. The van der Waals surface area contributed by atoms with Crippen molar-refractivity contribution in [2.24, 2.45) is 10.9 Å². The van der Waals surface area contributed by atoms with Crippen LogP contribution in [0.2, 0.25) is 0 Å². The number of aryl methyl sites for hydroxylation is 1. The Hall–Kier alpha value is -1.67. The Balaban J connectivity index is 1.72. The normalized spacial score (nSPS) is 14.2. The Kier molecular flexibility index (Phi) is 6.60. The lowest BCUT2D eigenvalue weighted by molar-refractivity contribution is 0.149. The van der Waals surface area contributed by atoms with Crippen LogP contribution < -0.4 is 0 Å². The van der Waals surface area contributed by atoms with Crippen LogP contribution in [0.1, 0.15) is 37.8 Å². The summed E-state index contributed by atoms with van der Waals surface area (Å²) in [6.45, 7) is 10.7. The van der Waals surface area contributed by atoms with E-state index in [1.807, 2.05) is 6.21 Å². The van der Waals surface area contributed by atoms with Gasteiger partial charge >= 0.3 is 0 Å². The van der Waals surface area contributed by atoms with E-state index in [4.69, 9.17) is 4.74 Å². The smallest absolute Gasteiger partial charge is 0.0676 e. The zero-order chi connectivity index (χ0) is 15.8. The molecule has 0 aliphatic carbocycles. The minimum atomic E-state index is 0.505. The highest BCUT2D eigenvalue weighted by atomic mass is 16.5. The first-order valence-corrected chi connectivity index (χ1v) is 8.21. The maximum Gasteiger partial charge on any atom is 0.0676 e. The molecule has 0 saturated heterocycles. The highest BCUT2D eigenvalue weighted by molar-refractivity contribution is 6.10. The van der Waals surface area contributed by atoms with Gasteiger partial charge in [0, 0.05) is 19.4 Å². The molecule has 0 aromatic heterocycles. The SMILES string of the molecule is C=C(COCCCc1ccc(C2=CCCN=C2)cc1)C(C)C. The first-order chi connectivity index (χ1) is 10.7. The zero-order valence-electron chi connectivity index (χ0n) is 13.8. The molecule has 0 N–H and O–H groups in total. The lowest BCUT2D eigenvalue weighted by Crippen LogP contribution is -2.04. The first kappa shape index (κ1) is 16.7. The summed E-state index contributed by atoms with van der Waals surface area (Å²) in [5.74, 6) is 0.505. The van der Waals surface area contributed by atoms with Crippen molar-refractivity contribution < 1.29 is 4.74 Å². The van der Waals surface area contributed by atoms with Gasteiger partial charge in [-0.05, 0) is 47.5 Å². The van der Waals surface area contributed by atoms with E-state index in [1.165, 1.54) is 22.3 Å². The van der Waals surface area contributed by atoms with Crippen molar-refractivity contribution in [1.82, 2.24) is 0 Å². The van der Waals surface area contributed by atoms with Crippen LogP contribution in [-0.2, 0) is 11.2 Å². The van der Waals surface area contributed by atoms with Gasteiger partial charge in [0.1, 0.15) is 0 Å². The Labute approximate surface area is 134 Å². The number of hydrogen-bond donors (Lipinski definition) is 0. The standard InChI is InChI=1S/C20H27NO/c1-16(2)17(3)15-22-13-5-6-18-8-10-19(11-9-18)20-7-4-12-21-14-20/h7-11,14,16H,3-6,12-13,15H2,1-2H3. The highest BCUT2D eigenvalue weighted by Crippen LogP contribution is 2.17. The fourth-order valence-corrected chi connectivity index (χ4v) is 2.31. The topological polar surface area (TPSA) is 21.6 Å². The number of hydrogen-bond acceptors (Lipinski definition) is 2. The summed E-state index contributed by atoms with van der Waals surface area (Å²) in [5, 5.41) is 0. The third-order valence-corrected chi connectivity index (χ3v) is 4.00. The van der Waals surface area contributed by atoms with Crippen molar-refractivity contribution in [2.75, 3.05) is 19.8 Å². The van der Waals surface area contributed by atoms with E-state index in [1.54, 1.807) is 0 Å². The lowest BCUT2D eigenvalue weighted by Gasteiger charge is -2.10. The van der Waals surface area contributed by atoms with Crippen LogP contribution in [0.25, 0.3) is 5.57 Å². The summed E-state index contributed by atoms with van der Waals surface area (Å²) in [6, 6.07) is 8.82. The van der Waals surface area contributed by atoms with Crippen molar-refractivity contribution in [2.45, 2.75) is 33.1 Å². The van der Waals surface area contributed by atoms with E-state index in [-0.39, 0.29) is 0 Å². The van der Waals surface area contributed by atoms with E-state index in [0.29, 0.717) is 12.5 Å². The molecule has 0 fully saturated rings. The monoisotopic (exact) mass is 297 g/mol. The molecule has 1 aliphatic rings. The molecule has 1 aromatic carbocycles. The minimum absolute atomic E-state index is 0.505. The van der Waals surface area contributed by atoms with Crippen LogP contribution in [0, 0.1) is 5.92 Å². The molecule has 0 atom stereocenters. The molecular formula is C20H27NO. The molecule has 118 valence electrons. The van der Waals surface area contributed by atoms with Gasteiger partial charge in [-0.3, -0.25) is 4.99 Å². The van der Waals surface area contributed by atoms with Crippen LogP contribution >= 0.6 is 0 Å². The van der Waals surface area contributed by atoms with Gasteiger partial charge in [0.15, 0.2) is 0 Å². The molecule has 2 rings (SSSR count). The largest absolute Gasteiger partial charge is 0.377 e. The van der Waals surface area contributed by atoms with Gasteiger partial charge in [-0.2, -0.15) is 0 Å². The molecule has 0 spiro atoms. The molecule has 1 aromatic rings. The van der Waals surface area contributed by atoms with E-state index >= 15 is 0 Å². The number of nitrogens with zero attached hydrogens (tertiary/aromatic N) is 1. The van der Waals surface area contributed by atoms with Gasteiger partial charge in [-0.15, -0.1) is 0 Å². The molecule has 0 unspecified atom stereocenters. The molecule has 2 nitrogen and oxygen atoms in total. The third-order valence-electron chi connectivity index (χ3n) is 4.00. The van der Waals surface area contributed by atoms with Crippen LogP contribution in [0.5, 0.6) is 0 Å². The number of rotatable bonds is 8. The maximum atomic E-state index is 5.67. The van der Waals surface area contributed by atoms with Crippen molar-refractivity contribution >= 4 is 11.8 Å². The van der Waals surface area contributed by atoms with E-state index in [0.717, 1.165) is 32.4 Å². The summed E-state index contributed by atoms with van der Waals surface area (Å²) < 4.78 is 5.67. The van der Waals surface area contributed by atoms with Gasteiger partial charge in [-0.1, -0.05) is 50.8 Å². The first-order valence-electron chi connectivity index (χ1n) is 8.21. The Bertz CT molecular complexity index is 537. The Morgan fingerprint density at radius 3 is 2.68 bits per heavy atom. The second-order valence-electron chi connectivity index (χ2n) is 6.15. The van der Waals surface area contributed by atoms with Gasteiger partial charge in [0.05, 0.1) is 6.61 Å². The summed E-state index contributed by atoms with van der Waals surface area (Å²) in [7, 11) is 0. The van der Waals surface area contributed by atoms with Crippen LogP contribution in [0.3, 0.4) is 0 Å². The summed E-state index contributed by atoms with van der Waals surface area (Å²) in [5.41, 5.74) is 5.04. The second kappa shape index (κ2) is 8.70. The molecule has 1 heterocycles. The predicted octanol–water partition coefficient (Wildman–Crippen LogP) is 4.71. The average Bonchev–Trinajstić information content (AvgIpc) is 2.55. The highest BCUT2D eigenvalue weighted by Gasteiger charge is 2.03. The Morgan fingerprint density at radius 1 is 1.27 bits per heavy atom. The number of benzene rings is 1. The molecule has 0 saturated carbocycles. The summed E-state index contributed by atoms with van der Waals surface area (Å²) in [6.07, 6.45) is 7.40. The Morgan fingerprint density at radius 2 is 2.05 bits per heavy atom. The number of dihydropyridines is 1. The fourth-order valence-electron chi connectivity index (χ4n) is 2.31. The molecule has 0 radical (unpaired) electrons. The van der Waals surface area contributed by atoms with Gasteiger partial charge in [0.25, 0.3) is 0 Å². The lowest BCUT2D eigenvalue weighted by atomic mass is 10.0.